The van der Waals surface area contributed by atoms with Gasteiger partial charge in [-0.3, -0.25) is 19.4 Å². The van der Waals surface area contributed by atoms with Crippen LogP contribution in [0.3, 0.4) is 0 Å². The van der Waals surface area contributed by atoms with Gasteiger partial charge in [0, 0.05) is 43.6 Å². The highest BCUT2D eigenvalue weighted by molar-refractivity contribution is 7.09. The highest BCUT2D eigenvalue weighted by Crippen LogP contribution is 2.21. The average molecular weight is 423 g/mol. The lowest BCUT2D eigenvalue weighted by Gasteiger charge is -2.30. The summed E-state index contributed by atoms with van der Waals surface area (Å²) < 4.78 is 1.42. The molecule has 1 aliphatic heterocycles. The van der Waals surface area contributed by atoms with Gasteiger partial charge < -0.3 is 14.8 Å². The lowest BCUT2D eigenvalue weighted by molar-refractivity contribution is -0.131. The number of pyridine rings is 2. The second kappa shape index (κ2) is 8.62. The smallest absolute Gasteiger partial charge is 0.263 e. The van der Waals surface area contributed by atoms with Crippen LogP contribution >= 0.6 is 11.3 Å². The van der Waals surface area contributed by atoms with Crippen LogP contribution < -0.4 is 10.9 Å². The lowest BCUT2D eigenvalue weighted by atomic mass is 9.95. The van der Waals surface area contributed by atoms with E-state index in [9.17, 15) is 14.4 Å². The van der Waals surface area contributed by atoms with Crippen molar-refractivity contribution in [3.8, 4) is 0 Å². The van der Waals surface area contributed by atoms with Gasteiger partial charge in [-0.05, 0) is 40.6 Å². The van der Waals surface area contributed by atoms with Crippen LogP contribution in [0.1, 0.15) is 31.9 Å². The Morgan fingerprint density at radius 3 is 2.87 bits per heavy atom. The third-order valence-corrected chi connectivity index (χ3v) is 6.10. The van der Waals surface area contributed by atoms with Crippen LogP contribution in [0.2, 0.25) is 0 Å². The quantitative estimate of drug-likeness (QED) is 0.681. The van der Waals surface area contributed by atoms with Crippen molar-refractivity contribution in [1.82, 2.24) is 19.8 Å². The molecule has 0 fully saturated rings. The molecule has 1 N–H and O–H groups in total. The number of nitrogens with one attached hydrogen (secondary N) is 1. The molecule has 0 saturated heterocycles. The number of carbonyl (C=O) groups is 2. The fourth-order valence-corrected chi connectivity index (χ4v) is 4.34. The molecule has 0 aromatic carbocycles. The molecule has 0 unspecified atom stereocenters. The number of amides is 2. The number of aryl methyl sites for hydroxylation is 1. The molecule has 0 spiro atoms. The Hall–Kier alpha value is -3.26. The first-order chi connectivity index (χ1) is 14.5. The Kier molecular flexibility index (Phi) is 5.76. The summed E-state index contributed by atoms with van der Waals surface area (Å²) in [7, 11) is 1.63. The Labute approximate surface area is 178 Å². The molecule has 154 valence electrons. The number of hydrogen-bond acceptors (Lipinski definition) is 5. The molecule has 0 saturated carbocycles. The molecule has 0 bridgehead atoms. The first kappa shape index (κ1) is 20.0. The van der Waals surface area contributed by atoms with E-state index in [-0.39, 0.29) is 29.4 Å². The summed E-state index contributed by atoms with van der Waals surface area (Å²) in [5.41, 5.74) is 2.32. The Morgan fingerprint density at radius 2 is 2.13 bits per heavy atom. The van der Waals surface area contributed by atoms with Crippen LogP contribution in [0, 0.1) is 0 Å². The van der Waals surface area contributed by atoms with E-state index in [1.807, 2.05) is 29.6 Å². The molecular weight excluding hydrogens is 400 g/mol. The first-order valence-electron chi connectivity index (χ1n) is 9.71. The molecule has 0 radical (unpaired) electrons. The zero-order chi connectivity index (χ0) is 21.1. The molecular formula is C22H22N4O3S. The topological polar surface area (TPSA) is 84.3 Å². The molecule has 3 aromatic rings. The molecule has 7 nitrogen and oxygen atoms in total. The van der Waals surface area contributed by atoms with Crippen molar-refractivity contribution in [3.05, 3.63) is 85.7 Å². The fourth-order valence-electron chi connectivity index (χ4n) is 3.69. The number of carbonyl (C=O) groups excluding carboxylic acids is 2. The van der Waals surface area contributed by atoms with Gasteiger partial charge in [0.15, 0.2) is 0 Å². The Balaban J connectivity index is 1.54. The maximum Gasteiger partial charge on any atom is 0.263 e. The van der Waals surface area contributed by atoms with Gasteiger partial charge in [0.1, 0.15) is 5.56 Å². The second-order valence-electron chi connectivity index (χ2n) is 7.29. The Morgan fingerprint density at radius 1 is 1.27 bits per heavy atom. The monoisotopic (exact) mass is 422 g/mol. The van der Waals surface area contributed by atoms with E-state index >= 15 is 0 Å². The van der Waals surface area contributed by atoms with Crippen molar-refractivity contribution >= 4 is 23.2 Å². The largest absolute Gasteiger partial charge is 0.347 e. The number of aromatic nitrogens is 2. The summed E-state index contributed by atoms with van der Waals surface area (Å²) in [6.45, 7) is 1.25. The van der Waals surface area contributed by atoms with Crippen LogP contribution in [0.4, 0.5) is 0 Å². The minimum absolute atomic E-state index is 0.00574. The molecule has 0 aliphatic carbocycles. The van der Waals surface area contributed by atoms with E-state index in [1.165, 1.54) is 4.57 Å². The molecule has 30 heavy (non-hydrogen) atoms. The predicted octanol–water partition coefficient (Wildman–Crippen LogP) is 1.90. The van der Waals surface area contributed by atoms with Crippen LogP contribution in [-0.4, -0.2) is 32.8 Å². The molecule has 4 rings (SSSR count). The maximum atomic E-state index is 12.8. The molecule has 8 heteroatoms. The second-order valence-corrected chi connectivity index (χ2v) is 8.32. The van der Waals surface area contributed by atoms with E-state index in [0.29, 0.717) is 26.1 Å². The van der Waals surface area contributed by atoms with E-state index < -0.39 is 0 Å². The van der Waals surface area contributed by atoms with E-state index in [1.54, 1.807) is 41.9 Å². The average Bonchev–Trinajstić information content (AvgIpc) is 3.27. The van der Waals surface area contributed by atoms with Crippen molar-refractivity contribution in [1.29, 1.82) is 0 Å². The number of thiophene rings is 1. The third kappa shape index (κ3) is 4.18. The summed E-state index contributed by atoms with van der Waals surface area (Å²) >= 11 is 1.55. The van der Waals surface area contributed by atoms with E-state index in [4.69, 9.17) is 0 Å². The summed E-state index contributed by atoms with van der Waals surface area (Å²) in [5, 5.41) is 4.80. The number of nitrogens with zero attached hydrogens (tertiary/aromatic N) is 3. The number of rotatable bonds is 5. The van der Waals surface area contributed by atoms with Gasteiger partial charge in [-0.1, -0.05) is 12.1 Å². The number of hydrogen-bond donors (Lipinski definition) is 1. The summed E-state index contributed by atoms with van der Waals surface area (Å²) in [4.78, 5) is 45.1. The Bertz CT molecular complexity index is 1120. The third-order valence-electron chi connectivity index (χ3n) is 5.23. The molecule has 1 aliphatic rings. The van der Waals surface area contributed by atoms with Crippen molar-refractivity contribution in [3.63, 3.8) is 0 Å². The van der Waals surface area contributed by atoms with Crippen molar-refractivity contribution in [2.45, 2.75) is 25.9 Å². The molecule has 4 heterocycles. The van der Waals surface area contributed by atoms with Gasteiger partial charge in [0.05, 0.1) is 13.0 Å². The summed E-state index contributed by atoms with van der Waals surface area (Å²) in [6, 6.07) is 7.55. The summed E-state index contributed by atoms with van der Waals surface area (Å²) in [5.74, 6) is -0.359. The van der Waals surface area contributed by atoms with Crippen molar-refractivity contribution < 1.29 is 9.59 Å². The molecule has 3 aromatic heterocycles. The normalized spacial score (nSPS) is 13.0. The minimum atomic E-state index is -0.365. The van der Waals surface area contributed by atoms with E-state index in [0.717, 1.165) is 21.6 Å². The van der Waals surface area contributed by atoms with Gasteiger partial charge in [-0.15, -0.1) is 11.3 Å². The van der Waals surface area contributed by atoms with Gasteiger partial charge in [0.2, 0.25) is 5.91 Å². The fraction of sp³-hybridized carbons (Fsp3) is 0.273. The van der Waals surface area contributed by atoms with Gasteiger partial charge in [-0.2, -0.15) is 0 Å². The van der Waals surface area contributed by atoms with E-state index in [2.05, 4.69) is 10.3 Å². The lowest BCUT2D eigenvalue weighted by Crippen LogP contribution is -2.41. The molecule has 0 atom stereocenters. The van der Waals surface area contributed by atoms with Crippen molar-refractivity contribution in [2.75, 3.05) is 6.54 Å². The summed E-state index contributed by atoms with van der Waals surface area (Å²) in [6.07, 6.45) is 5.86. The van der Waals surface area contributed by atoms with Crippen LogP contribution in [0.15, 0.2) is 53.0 Å². The maximum absolute atomic E-state index is 12.8. The van der Waals surface area contributed by atoms with Crippen LogP contribution in [0.25, 0.3) is 0 Å². The predicted molar refractivity (Wildman–Crippen MR) is 114 cm³/mol. The highest BCUT2D eigenvalue weighted by atomic mass is 32.1. The van der Waals surface area contributed by atoms with Gasteiger partial charge in [-0.25, -0.2) is 0 Å². The standard InChI is InChI=1S/C22H22N4O3S/c1-25-13-16-14-26(19(27)10-15-4-2-7-23-11-15)8-6-18(16)20(22(25)29)21(28)24-12-17-5-3-9-30-17/h2-5,7,9,11,13H,6,8,10,12,14H2,1H3,(H,24,28). The molecule has 2 amide bonds. The highest BCUT2D eigenvalue weighted by Gasteiger charge is 2.27. The van der Waals surface area contributed by atoms with Gasteiger partial charge >= 0.3 is 0 Å². The zero-order valence-corrected chi connectivity index (χ0v) is 17.4. The SMILES string of the molecule is Cn1cc2c(c(C(=O)NCc3cccs3)c1=O)CCN(C(=O)Cc1cccnc1)C2. The number of fused-ring (bicyclic) bond motifs is 1. The zero-order valence-electron chi connectivity index (χ0n) is 16.6. The van der Waals surface area contributed by atoms with Gasteiger partial charge in [0.25, 0.3) is 11.5 Å². The minimum Gasteiger partial charge on any atom is -0.347 e. The first-order valence-corrected chi connectivity index (χ1v) is 10.6. The van der Waals surface area contributed by atoms with Crippen LogP contribution in [0.5, 0.6) is 0 Å². The van der Waals surface area contributed by atoms with Crippen molar-refractivity contribution in [2.24, 2.45) is 7.05 Å². The van der Waals surface area contributed by atoms with Crippen LogP contribution in [-0.2, 0) is 37.8 Å².